The third-order valence-electron chi connectivity index (χ3n) is 3.35. The van der Waals surface area contributed by atoms with Crippen LogP contribution in [0.3, 0.4) is 0 Å². The highest BCUT2D eigenvalue weighted by molar-refractivity contribution is 5.43. The van der Waals surface area contributed by atoms with Crippen LogP contribution in [-0.2, 0) is 0 Å². The summed E-state index contributed by atoms with van der Waals surface area (Å²) >= 11 is 0. The van der Waals surface area contributed by atoms with Crippen molar-refractivity contribution in [3.63, 3.8) is 0 Å². The molecule has 0 aliphatic carbocycles. The van der Waals surface area contributed by atoms with Gasteiger partial charge in [0, 0.05) is 13.1 Å². The smallest absolute Gasteiger partial charge is 0.231 e. The zero-order valence-corrected chi connectivity index (χ0v) is 11.4. The minimum absolute atomic E-state index is 0.0294. The summed E-state index contributed by atoms with van der Waals surface area (Å²) in [5, 5.41) is 3.19. The lowest BCUT2D eigenvalue weighted by Gasteiger charge is -2.17. The summed E-state index contributed by atoms with van der Waals surface area (Å²) in [5.41, 5.74) is 5.77. The Hall–Kier alpha value is -2.31. The molecule has 1 aliphatic heterocycles. The zero-order valence-electron chi connectivity index (χ0n) is 11.4. The summed E-state index contributed by atoms with van der Waals surface area (Å²) < 4.78 is 5.35. The quantitative estimate of drug-likeness (QED) is 0.878. The van der Waals surface area contributed by atoms with Gasteiger partial charge in [0.25, 0.3) is 0 Å². The molecule has 1 unspecified atom stereocenters. The summed E-state index contributed by atoms with van der Waals surface area (Å²) in [6, 6.07) is 3.73. The first-order chi connectivity index (χ1) is 9.72. The molecule has 1 fully saturated rings. The number of nitrogens with zero attached hydrogens (tertiary/aromatic N) is 4. The molecule has 0 spiro atoms. The SMILES string of the molecule is CC(Nc1nc(N)nc(N2CCCC2)n1)c1ccco1. The molecule has 7 nitrogen and oxygen atoms in total. The van der Waals surface area contributed by atoms with Gasteiger partial charge in [-0.25, -0.2) is 0 Å². The van der Waals surface area contributed by atoms with Crippen molar-refractivity contribution < 1.29 is 4.42 Å². The van der Waals surface area contributed by atoms with E-state index in [0.717, 1.165) is 31.7 Å². The Morgan fingerprint density at radius 2 is 2.10 bits per heavy atom. The van der Waals surface area contributed by atoms with Crippen molar-refractivity contribution in [1.82, 2.24) is 15.0 Å². The summed E-state index contributed by atoms with van der Waals surface area (Å²) in [7, 11) is 0. The normalized spacial score (nSPS) is 16.4. The molecule has 3 N–H and O–H groups in total. The van der Waals surface area contributed by atoms with Crippen molar-refractivity contribution in [3.8, 4) is 0 Å². The lowest BCUT2D eigenvalue weighted by molar-refractivity contribution is 0.489. The van der Waals surface area contributed by atoms with Gasteiger partial charge in [0.15, 0.2) is 0 Å². The molecule has 1 saturated heterocycles. The van der Waals surface area contributed by atoms with Crippen LogP contribution in [-0.4, -0.2) is 28.0 Å². The number of hydrogen-bond donors (Lipinski definition) is 2. The van der Waals surface area contributed by atoms with Gasteiger partial charge in [-0.15, -0.1) is 0 Å². The Labute approximate surface area is 117 Å². The first-order valence-corrected chi connectivity index (χ1v) is 6.79. The molecule has 2 aromatic heterocycles. The van der Waals surface area contributed by atoms with Crippen molar-refractivity contribution in [1.29, 1.82) is 0 Å². The number of nitrogen functional groups attached to an aromatic ring is 1. The van der Waals surface area contributed by atoms with Crippen molar-refractivity contribution in [2.45, 2.75) is 25.8 Å². The maximum Gasteiger partial charge on any atom is 0.231 e. The molecule has 106 valence electrons. The number of furan rings is 1. The maximum atomic E-state index is 5.77. The molecule has 7 heteroatoms. The first kappa shape index (κ1) is 12.7. The van der Waals surface area contributed by atoms with Gasteiger partial charge in [0.05, 0.1) is 12.3 Å². The molecular formula is C13H18N6O. The Morgan fingerprint density at radius 1 is 1.30 bits per heavy atom. The van der Waals surface area contributed by atoms with Crippen LogP contribution in [0.15, 0.2) is 22.8 Å². The van der Waals surface area contributed by atoms with Crippen molar-refractivity contribution in [2.75, 3.05) is 29.0 Å². The molecule has 0 bridgehead atoms. The van der Waals surface area contributed by atoms with Crippen LogP contribution < -0.4 is 16.0 Å². The predicted molar refractivity (Wildman–Crippen MR) is 76.4 cm³/mol. The van der Waals surface area contributed by atoms with Crippen LogP contribution in [0.2, 0.25) is 0 Å². The number of nitrogens with one attached hydrogen (secondary N) is 1. The van der Waals surface area contributed by atoms with Crippen LogP contribution in [0, 0.1) is 0 Å². The molecule has 0 radical (unpaired) electrons. The first-order valence-electron chi connectivity index (χ1n) is 6.79. The fourth-order valence-electron chi connectivity index (χ4n) is 2.31. The van der Waals surface area contributed by atoms with Gasteiger partial charge in [0.2, 0.25) is 17.8 Å². The van der Waals surface area contributed by atoms with Gasteiger partial charge >= 0.3 is 0 Å². The van der Waals surface area contributed by atoms with Crippen LogP contribution in [0.5, 0.6) is 0 Å². The van der Waals surface area contributed by atoms with Crippen molar-refractivity contribution in [2.24, 2.45) is 0 Å². The zero-order chi connectivity index (χ0) is 13.9. The topological polar surface area (TPSA) is 93.1 Å². The van der Waals surface area contributed by atoms with E-state index in [1.54, 1.807) is 6.26 Å². The number of aromatic nitrogens is 3. The van der Waals surface area contributed by atoms with Crippen LogP contribution in [0.1, 0.15) is 31.6 Å². The van der Waals surface area contributed by atoms with Gasteiger partial charge in [-0.2, -0.15) is 15.0 Å². The summed E-state index contributed by atoms with van der Waals surface area (Å²) in [6.45, 7) is 3.92. The van der Waals surface area contributed by atoms with Crippen LogP contribution in [0.4, 0.5) is 17.8 Å². The summed E-state index contributed by atoms with van der Waals surface area (Å²) in [6.07, 6.45) is 3.97. The molecule has 3 heterocycles. The van der Waals surface area contributed by atoms with E-state index in [1.165, 1.54) is 0 Å². The van der Waals surface area contributed by atoms with E-state index in [9.17, 15) is 0 Å². The van der Waals surface area contributed by atoms with Crippen molar-refractivity contribution in [3.05, 3.63) is 24.2 Å². The standard InChI is InChI=1S/C13H18N6O/c1-9(10-5-4-8-20-10)15-12-16-11(14)17-13(18-12)19-6-2-3-7-19/h4-5,8-9H,2-3,6-7H2,1H3,(H3,14,15,16,17,18). The second-order valence-corrected chi connectivity index (χ2v) is 4.89. The van der Waals surface area contributed by atoms with Gasteiger partial charge < -0.3 is 20.4 Å². The lowest BCUT2D eigenvalue weighted by atomic mass is 10.2. The Morgan fingerprint density at radius 3 is 2.80 bits per heavy atom. The monoisotopic (exact) mass is 274 g/mol. The summed E-state index contributed by atoms with van der Waals surface area (Å²) in [5.74, 6) is 2.18. The minimum atomic E-state index is -0.0294. The third-order valence-corrected chi connectivity index (χ3v) is 3.35. The van der Waals surface area contributed by atoms with E-state index < -0.39 is 0 Å². The number of hydrogen-bond acceptors (Lipinski definition) is 7. The van der Waals surface area contributed by atoms with Crippen LogP contribution in [0.25, 0.3) is 0 Å². The lowest BCUT2D eigenvalue weighted by Crippen LogP contribution is -2.22. The molecule has 1 aliphatic rings. The predicted octanol–water partition coefficient (Wildman–Crippen LogP) is 1.82. The highest BCUT2D eigenvalue weighted by atomic mass is 16.3. The maximum absolute atomic E-state index is 5.77. The number of anilines is 3. The average Bonchev–Trinajstić information content (AvgIpc) is 3.12. The van der Waals surface area contributed by atoms with Gasteiger partial charge in [0.1, 0.15) is 5.76 Å². The Kier molecular flexibility index (Phi) is 3.41. The summed E-state index contributed by atoms with van der Waals surface area (Å²) in [4.78, 5) is 14.9. The molecule has 0 amide bonds. The third kappa shape index (κ3) is 2.66. The van der Waals surface area contributed by atoms with Gasteiger partial charge in [-0.1, -0.05) is 0 Å². The molecule has 0 aromatic carbocycles. The minimum Gasteiger partial charge on any atom is -0.467 e. The molecule has 20 heavy (non-hydrogen) atoms. The molecule has 0 saturated carbocycles. The molecule has 1 atom stereocenters. The van der Waals surface area contributed by atoms with Gasteiger partial charge in [-0.05, 0) is 31.9 Å². The highest BCUT2D eigenvalue weighted by Gasteiger charge is 2.18. The number of nitrogens with two attached hydrogens (primary N) is 1. The Balaban J connectivity index is 1.79. The van der Waals surface area contributed by atoms with Gasteiger partial charge in [-0.3, -0.25) is 0 Å². The highest BCUT2D eigenvalue weighted by Crippen LogP contribution is 2.21. The van der Waals surface area contributed by atoms with E-state index in [2.05, 4.69) is 25.2 Å². The molecular weight excluding hydrogens is 256 g/mol. The van der Waals surface area contributed by atoms with Crippen molar-refractivity contribution >= 4 is 17.8 Å². The fourth-order valence-corrected chi connectivity index (χ4v) is 2.31. The average molecular weight is 274 g/mol. The van der Waals surface area contributed by atoms with Crippen LogP contribution >= 0.6 is 0 Å². The molecule has 3 rings (SSSR count). The second-order valence-electron chi connectivity index (χ2n) is 4.89. The Bertz CT molecular complexity index is 564. The number of rotatable bonds is 4. The van der Waals surface area contributed by atoms with E-state index >= 15 is 0 Å². The largest absolute Gasteiger partial charge is 0.467 e. The fraction of sp³-hybridized carbons (Fsp3) is 0.462. The molecule has 2 aromatic rings. The second kappa shape index (κ2) is 5.36. The van der Waals surface area contributed by atoms with E-state index in [4.69, 9.17) is 10.2 Å². The van der Waals surface area contributed by atoms with E-state index in [-0.39, 0.29) is 12.0 Å². The van der Waals surface area contributed by atoms with E-state index in [0.29, 0.717) is 11.9 Å². The van der Waals surface area contributed by atoms with E-state index in [1.807, 2.05) is 19.1 Å².